The van der Waals surface area contributed by atoms with Crippen LogP contribution in [0.25, 0.3) is 0 Å². The molecule has 98 valence electrons. The van der Waals surface area contributed by atoms with Gasteiger partial charge in [0.05, 0.1) is 0 Å². The number of rotatable bonds is 4. The second kappa shape index (κ2) is 6.38. The molecule has 0 spiro atoms. The van der Waals surface area contributed by atoms with E-state index < -0.39 is 0 Å². The first-order valence-electron chi connectivity index (χ1n) is 5.99. The maximum Gasteiger partial charge on any atom is 0.254 e. The predicted octanol–water partition coefficient (Wildman–Crippen LogP) is 3.08. The molecule has 3 nitrogen and oxygen atoms in total. The Balaban J connectivity index is 2.04. The van der Waals surface area contributed by atoms with Crippen molar-refractivity contribution >= 4 is 17.7 Å². The lowest BCUT2D eigenvalue weighted by Gasteiger charge is -2.17. The minimum absolute atomic E-state index is 0.0105. The summed E-state index contributed by atoms with van der Waals surface area (Å²) in [6.07, 6.45) is 5.32. The minimum atomic E-state index is 0.0105. The van der Waals surface area contributed by atoms with E-state index in [2.05, 4.69) is 29.2 Å². The summed E-state index contributed by atoms with van der Waals surface area (Å²) in [5.41, 5.74) is 1.79. The molecule has 0 aliphatic heterocycles. The molecule has 0 aliphatic rings. The van der Waals surface area contributed by atoms with Gasteiger partial charge in [0.25, 0.3) is 5.91 Å². The van der Waals surface area contributed by atoms with E-state index in [1.54, 1.807) is 41.2 Å². The van der Waals surface area contributed by atoms with Gasteiger partial charge in [-0.2, -0.15) is 0 Å². The molecule has 0 atom stereocenters. The smallest absolute Gasteiger partial charge is 0.254 e. The van der Waals surface area contributed by atoms with E-state index in [9.17, 15) is 4.79 Å². The van der Waals surface area contributed by atoms with Crippen LogP contribution in [-0.2, 0) is 6.54 Å². The zero-order valence-electron chi connectivity index (χ0n) is 11.0. The maximum absolute atomic E-state index is 12.2. The molecule has 4 heteroatoms. The van der Waals surface area contributed by atoms with Gasteiger partial charge in [-0.1, -0.05) is 12.1 Å². The molecule has 2 rings (SSSR count). The number of pyridine rings is 1. The SMILES string of the molecule is CSc1ccc(CN(C)C(=O)c2ccncc2)cc1. The van der Waals surface area contributed by atoms with E-state index >= 15 is 0 Å². The van der Waals surface area contributed by atoms with E-state index in [-0.39, 0.29) is 5.91 Å². The topological polar surface area (TPSA) is 33.2 Å². The molecule has 0 aliphatic carbocycles. The third kappa shape index (κ3) is 3.58. The van der Waals surface area contributed by atoms with Crippen LogP contribution in [0.4, 0.5) is 0 Å². The molecular formula is C15H16N2OS. The fraction of sp³-hybridized carbons (Fsp3) is 0.200. The Morgan fingerprint density at radius 3 is 2.37 bits per heavy atom. The molecule has 1 amide bonds. The number of amides is 1. The summed E-state index contributed by atoms with van der Waals surface area (Å²) >= 11 is 1.71. The summed E-state index contributed by atoms with van der Waals surface area (Å²) in [6.45, 7) is 0.607. The quantitative estimate of drug-likeness (QED) is 0.802. The van der Waals surface area contributed by atoms with Gasteiger partial charge in [0.1, 0.15) is 0 Å². The Hall–Kier alpha value is -1.81. The number of aromatic nitrogens is 1. The second-order valence-corrected chi connectivity index (χ2v) is 5.12. The first kappa shape index (κ1) is 13.6. The average Bonchev–Trinajstić information content (AvgIpc) is 2.48. The Morgan fingerprint density at radius 2 is 1.79 bits per heavy atom. The summed E-state index contributed by atoms with van der Waals surface area (Å²) < 4.78 is 0. The van der Waals surface area contributed by atoms with E-state index in [0.29, 0.717) is 12.1 Å². The van der Waals surface area contributed by atoms with Crippen LogP contribution in [-0.4, -0.2) is 29.1 Å². The Bertz CT molecular complexity index is 540. The number of nitrogens with zero attached hydrogens (tertiary/aromatic N) is 2. The largest absolute Gasteiger partial charge is 0.337 e. The highest BCUT2D eigenvalue weighted by Gasteiger charge is 2.11. The predicted molar refractivity (Wildman–Crippen MR) is 78.3 cm³/mol. The number of thioether (sulfide) groups is 1. The lowest BCUT2D eigenvalue weighted by atomic mass is 10.2. The fourth-order valence-corrected chi connectivity index (χ4v) is 2.20. The average molecular weight is 272 g/mol. The first-order chi connectivity index (χ1) is 9.20. The third-order valence-electron chi connectivity index (χ3n) is 2.85. The molecule has 2 aromatic rings. The molecule has 0 bridgehead atoms. The third-order valence-corrected chi connectivity index (χ3v) is 3.60. The normalized spacial score (nSPS) is 10.2. The molecule has 0 fully saturated rings. The molecule has 0 N–H and O–H groups in total. The number of hydrogen-bond acceptors (Lipinski definition) is 3. The molecule has 0 saturated carbocycles. The highest BCUT2D eigenvalue weighted by molar-refractivity contribution is 7.98. The van der Waals surface area contributed by atoms with Crippen LogP contribution in [0, 0.1) is 0 Å². The summed E-state index contributed by atoms with van der Waals surface area (Å²) in [5.74, 6) is 0.0105. The van der Waals surface area contributed by atoms with Crippen LogP contribution in [0.2, 0.25) is 0 Å². The summed E-state index contributed by atoms with van der Waals surface area (Å²) in [5, 5.41) is 0. The zero-order valence-corrected chi connectivity index (χ0v) is 11.9. The van der Waals surface area contributed by atoms with Gasteiger partial charge in [-0.15, -0.1) is 11.8 Å². The van der Waals surface area contributed by atoms with Crippen LogP contribution in [0.3, 0.4) is 0 Å². The summed E-state index contributed by atoms with van der Waals surface area (Å²) in [4.78, 5) is 19.0. The Morgan fingerprint density at radius 1 is 1.16 bits per heavy atom. The van der Waals surface area contributed by atoms with Crippen LogP contribution in [0.1, 0.15) is 15.9 Å². The van der Waals surface area contributed by atoms with Crippen molar-refractivity contribution in [2.75, 3.05) is 13.3 Å². The summed E-state index contributed by atoms with van der Waals surface area (Å²) in [7, 11) is 1.81. The van der Waals surface area contributed by atoms with Crippen molar-refractivity contribution in [3.8, 4) is 0 Å². The Labute approximate surface area is 117 Å². The molecular weight excluding hydrogens is 256 g/mol. The van der Waals surface area contributed by atoms with Crippen molar-refractivity contribution in [2.24, 2.45) is 0 Å². The molecule has 0 saturated heterocycles. The van der Waals surface area contributed by atoms with Crippen LogP contribution < -0.4 is 0 Å². The van der Waals surface area contributed by atoms with Crippen molar-refractivity contribution < 1.29 is 4.79 Å². The van der Waals surface area contributed by atoms with Gasteiger partial charge >= 0.3 is 0 Å². The zero-order chi connectivity index (χ0) is 13.7. The fourth-order valence-electron chi connectivity index (χ4n) is 1.79. The van der Waals surface area contributed by atoms with Crippen molar-refractivity contribution in [1.82, 2.24) is 9.88 Å². The first-order valence-corrected chi connectivity index (χ1v) is 7.21. The van der Waals surface area contributed by atoms with Gasteiger partial charge in [0.15, 0.2) is 0 Å². The molecule has 1 aromatic heterocycles. The van der Waals surface area contributed by atoms with Gasteiger partial charge in [-0.05, 0) is 36.1 Å². The van der Waals surface area contributed by atoms with Crippen LogP contribution >= 0.6 is 11.8 Å². The molecule has 0 radical (unpaired) electrons. The van der Waals surface area contributed by atoms with Gasteiger partial charge in [-0.3, -0.25) is 9.78 Å². The van der Waals surface area contributed by atoms with E-state index in [1.165, 1.54) is 4.90 Å². The lowest BCUT2D eigenvalue weighted by molar-refractivity contribution is 0.0785. The molecule has 1 heterocycles. The number of benzene rings is 1. The van der Waals surface area contributed by atoms with Crippen molar-refractivity contribution in [3.05, 3.63) is 59.9 Å². The van der Waals surface area contributed by atoms with Crippen LogP contribution in [0.15, 0.2) is 53.7 Å². The van der Waals surface area contributed by atoms with Crippen molar-refractivity contribution in [1.29, 1.82) is 0 Å². The van der Waals surface area contributed by atoms with Crippen LogP contribution in [0.5, 0.6) is 0 Å². The van der Waals surface area contributed by atoms with Gasteiger partial charge in [0, 0.05) is 36.4 Å². The number of carbonyl (C=O) groups excluding carboxylic acids is 1. The minimum Gasteiger partial charge on any atom is -0.337 e. The van der Waals surface area contributed by atoms with Gasteiger partial charge in [-0.25, -0.2) is 0 Å². The van der Waals surface area contributed by atoms with Crippen molar-refractivity contribution in [2.45, 2.75) is 11.4 Å². The standard InChI is InChI=1S/C15H16N2OS/c1-17(15(18)13-7-9-16-10-8-13)11-12-3-5-14(19-2)6-4-12/h3-10H,11H2,1-2H3. The monoisotopic (exact) mass is 272 g/mol. The highest BCUT2D eigenvalue weighted by atomic mass is 32.2. The molecule has 0 unspecified atom stereocenters. The van der Waals surface area contributed by atoms with Gasteiger partial charge < -0.3 is 4.90 Å². The lowest BCUT2D eigenvalue weighted by Crippen LogP contribution is -2.26. The van der Waals surface area contributed by atoms with E-state index in [1.807, 2.05) is 13.3 Å². The molecule has 1 aromatic carbocycles. The maximum atomic E-state index is 12.2. The summed E-state index contributed by atoms with van der Waals surface area (Å²) in [6, 6.07) is 11.7. The van der Waals surface area contributed by atoms with E-state index in [0.717, 1.165) is 5.56 Å². The number of hydrogen-bond donors (Lipinski definition) is 0. The molecule has 19 heavy (non-hydrogen) atoms. The van der Waals surface area contributed by atoms with Crippen molar-refractivity contribution in [3.63, 3.8) is 0 Å². The highest BCUT2D eigenvalue weighted by Crippen LogP contribution is 2.16. The number of carbonyl (C=O) groups is 1. The van der Waals surface area contributed by atoms with Gasteiger partial charge in [0.2, 0.25) is 0 Å². The van der Waals surface area contributed by atoms with E-state index in [4.69, 9.17) is 0 Å². The Kier molecular flexibility index (Phi) is 4.58. The second-order valence-electron chi connectivity index (χ2n) is 4.25.